The number of ether oxygens (including phenoxy) is 1. The summed E-state index contributed by atoms with van der Waals surface area (Å²) in [5, 5.41) is 3.24. The maximum Gasteiger partial charge on any atom is 0.325 e. The van der Waals surface area contributed by atoms with Crippen molar-refractivity contribution in [2.75, 3.05) is 13.7 Å². The van der Waals surface area contributed by atoms with E-state index in [0.717, 1.165) is 19.4 Å². The Morgan fingerprint density at radius 3 is 2.21 bits per heavy atom. The molecule has 0 radical (unpaired) electrons. The van der Waals surface area contributed by atoms with Crippen LogP contribution in [-0.2, 0) is 9.53 Å². The molecule has 0 spiro atoms. The lowest BCUT2D eigenvalue weighted by Crippen LogP contribution is -2.49. The van der Waals surface area contributed by atoms with Crippen molar-refractivity contribution in [3.8, 4) is 0 Å². The van der Waals surface area contributed by atoms with Crippen molar-refractivity contribution in [2.45, 2.75) is 46.1 Å². The van der Waals surface area contributed by atoms with Crippen LogP contribution in [0, 0.1) is 5.92 Å². The van der Waals surface area contributed by atoms with E-state index in [1.807, 2.05) is 13.8 Å². The Morgan fingerprint density at radius 2 is 1.86 bits per heavy atom. The summed E-state index contributed by atoms with van der Waals surface area (Å²) in [6, 6.07) is 0. The summed E-state index contributed by atoms with van der Waals surface area (Å²) in [5.74, 6) is 0.433. The number of hydrogen-bond acceptors (Lipinski definition) is 3. The standard InChI is InChI=1S/C11H23NO2/c1-6-9(7-2)8-12-11(3,4)10(13)14-5/h9,12H,6-8H2,1-5H3. The van der Waals surface area contributed by atoms with Crippen molar-refractivity contribution in [3.05, 3.63) is 0 Å². The molecule has 0 aromatic carbocycles. The Balaban J connectivity index is 4.03. The molecule has 0 aliphatic heterocycles. The minimum Gasteiger partial charge on any atom is -0.468 e. The molecule has 0 unspecified atom stereocenters. The van der Waals surface area contributed by atoms with Gasteiger partial charge in [-0.15, -0.1) is 0 Å². The van der Waals surface area contributed by atoms with Gasteiger partial charge in [0.25, 0.3) is 0 Å². The number of methoxy groups -OCH3 is 1. The Labute approximate surface area is 87.2 Å². The van der Waals surface area contributed by atoms with Crippen LogP contribution >= 0.6 is 0 Å². The lowest BCUT2D eigenvalue weighted by Gasteiger charge is -2.25. The highest BCUT2D eigenvalue weighted by Gasteiger charge is 2.28. The molecule has 0 saturated heterocycles. The molecule has 0 saturated carbocycles. The van der Waals surface area contributed by atoms with Gasteiger partial charge in [0.2, 0.25) is 0 Å². The van der Waals surface area contributed by atoms with Crippen molar-refractivity contribution in [2.24, 2.45) is 5.92 Å². The molecule has 0 atom stereocenters. The first-order chi connectivity index (χ1) is 6.47. The summed E-state index contributed by atoms with van der Waals surface area (Å²) >= 11 is 0. The first-order valence-electron chi connectivity index (χ1n) is 5.31. The average Bonchev–Trinajstić information content (AvgIpc) is 2.18. The maximum absolute atomic E-state index is 11.3. The van der Waals surface area contributed by atoms with Gasteiger partial charge < -0.3 is 10.1 Å². The molecule has 3 nitrogen and oxygen atoms in total. The van der Waals surface area contributed by atoms with Gasteiger partial charge in [-0.05, 0) is 26.3 Å². The molecule has 0 aliphatic rings. The van der Waals surface area contributed by atoms with Crippen LogP contribution in [0.1, 0.15) is 40.5 Å². The first-order valence-corrected chi connectivity index (χ1v) is 5.31. The van der Waals surface area contributed by atoms with Crippen LogP contribution in [0.5, 0.6) is 0 Å². The molecule has 0 bridgehead atoms. The van der Waals surface area contributed by atoms with E-state index in [2.05, 4.69) is 19.2 Å². The minimum absolute atomic E-state index is 0.205. The zero-order chi connectivity index (χ0) is 11.2. The van der Waals surface area contributed by atoms with Gasteiger partial charge in [-0.2, -0.15) is 0 Å². The fourth-order valence-corrected chi connectivity index (χ4v) is 1.30. The lowest BCUT2D eigenvalue weighted by molar-refractivity contribution is -0.147. The van der Waals surface area contributed by atoms with E-state index >= 15 is 0 Å². The summed E-state index contributed by atoms with van der Waals surface area (Å²) in [7, 11) is 1.42. The molecule has 0 heterocycles. The van der Waals surface area contributed by atoms with Crippen LogP contribution in [0.25, 0.3) is 0 Å². The monoisotopic (exact) mass is 201 g/mol. The van der Waals surface area contributed by atoms with E-state index < -0.39 is 5.54 Å². The highest BCUT2D eigenvalue weighted by atomic mass is 16.5. The molecular formula is C11H23NO2. The second-order valence-corrected chi connectivity index (χ2v) is 4.18. The number of esters is 1. The van der Waals surface area contributed by atoms with Crippen molar-refractivity contribution in [1.29, 1.82) is 0 Å². The smallest absolute Gasteiger partial charge is 0.325 e. The Kier molecular flexibility index (Phi) is 5.77. The van der Waals surface area contributed by atoms with Crippen LogP contribution in [-0.4, -0.2) is 25.2 Å². The SMILES string of the molecule is CCC(CC)CNC(C)(C)C(=O)OC. The summed E-state index contributed by atoms with van der Waals surface area (Å²) in [6.07, 6.45) is 2.28. The molecule has 14 heavy (non-hydrogen) atoms. The second-order valence-electron chi connectivity index (χ2n) is 4.18. The molecule has 0 fully saturated rings. The number of carbonyl (C=O) groups is 1. The molecule has 0 amide bonds. The van der Waals surface area contributed by atoms with E-state index in [-0.39, 0.29) is 5.97 Å². The third-order valence-electron chi connectivity index (χ3n) is 2.68. The molecule has 1 N–H and O–H groups in total. The van der Waals surface area contributed by atoms with Gasteiger partial charge in [-0.3, -0.25) is 4.79 Å². The predicted octanol–water partition coefficient (Wildman–Crippen LogP) is 1.96. The van der Waals surface area contributed by atoms with Crippen molar-refractivity contribution in [3.63, 3.8) is 0 Å². The quantitative estimate of drug-likeness (QED) is 0.668. The summed E-state index contributed by atoms with van der Waals surface area (Å²) in [6.45, 7) is 8.90. The third kappa shape index (κ3) is 4.09. The topological polar surface area (TPSA) is 38.3 Å². The van der Waals surface area contributed by atoms with Crippen LogP contribution in [0.4, 0.5) is 0 Å². The third-order valence-corrected chi connectivity index (χ3v) is 2.68. The van der Waals surface area contributed by atoms with Crippen molar-refractivity contribution in [1.82, 2.24) is 5.32 Å². The van der Waals surface area contributed by atoms with E-state index in [0.29, 0.717) is 5.92 Å². The van der Waals surface area contributed by atoms with Gasteiger partial charge in [0.05, 0.1) is 7.11 Å². The Morgan fingerprint density at radius 1 is 1.36 bits per heavy atom. The Hall–Kier alpha value is -0.570. The largest absolute Gasteiger partial charge is 0.468 e. The zero-order valence-electron chi connectivity index (χ0n) is 10.0. The molecule has 3 heteroatoms. The number of nitrogens with one attached hydrogen (secondary N) is 1. The van der Waals surface area contributed by atoms with Crippen LogP contribution in [0.15, 0.2) is 0 Å². The van der Waals surface area contributed by atoms with E-state index in [1.54, 1.807) is 0 Å². The summed E-state index contributed by atoms with van der Waals surface area (Å²) in [4.78, 5) is 11.3. The number of carbonyl (C=O) groups excluding carboxylic acids is 1. The van der Waals surface area contributed by atoms with Gasteiger partial charge in [0.1, 0.15) is 5.54 Å². The van der Waals surface area contributed by atoms with Gasteiger partial charge in [-0.1, -0.05) is 26.7 Å². The molecule has 84 valence electrons. The maximum atomic E-state index is 11.3. The lowest BCUT2D eigenvalue weighted by atomic mass is 10.0. The van der Waals surface area contributed by atoms with Gasteiger partial charge in [0.15, 0.2) is 0 Å². The van der Waals surface area contributed by atoms with E-state index in [9.17, 15) is 4.79 Å². The van der Waals surface area contributed by atoms with Gasteiger partial charge in [0, 0.05) is 0 Å². The molecule has 0 aromatic rings. The fraction of sp³-hybridized carbons (Fsp3) is 0.909. The van der Waals surface area contributed by atoms with Crippen LogP contribution < -0.4 is 5.32 Å². The average molecular weight is 201 g/mol. The summed E-state index contributed by atoms with van der Waals surface area (Å²) < 4.78 is 4.71. The molecule has 0 aliphatic carbocycles. The Bertz CT molecular complexity index is 174. The first kappa shape index (κ1) is 13.4. The zero-order valence-corrected chi connectivity index (χ0v) is 10.0. The second kappa shape index (κ2) is 6.02. The predicted molar refractivity (Wildman–Crippen MR) is 58.2 cm³/mol. The molecular weight excluding hydrogens is 178 g/mol. The van der Waals surface area contributed by atoms with Crippen LogP contribution in [0.2, 0.25) is 0 Å². The molecule has 0 rings (SSSR count). The number of rotatable bonds is 6. The van der Waals surface area contributed by atoms with E-state index in [4.69, 9.17) is 4.74 Å². The fourth-order valence-electron chi connectivity index (χ4n) is 1.30. The number of hydrogen-bond donors (Lipinski definition) is 1. The van der Waals surface area contributed by atoms with Crippen molar-refractivity contribution < 1.29 is 9.53 Å². The van der Waals surface area contributed by atoms with Crippen molar-refractivity contribution >= 4 is 5.97 Å². The molecule has 0 aromatic heterocycles. The minimum atomic E-state index is -0.572. The van der Waals surface area contributed by atoms with Crippen LogP contribution in [0.3, 0.4) is 0 Å². The highest BCUT2D eigenvalue weighted by molar-refractivity contribution is 5.79. The summed E-state index contributed by atoms with van der Waals surface area (Å²) in [5.41, 5.74) is -0.572. The van der Waals surface area contributed by atoms with E-state index in [1.165, 1.54) is 7.11 Å². The van der Waals surface area contributed by atoms with Gasteiger partial charge >= 0.3 is 5.97 Å². The normalized spacial score (nSPS) is 11.9. The van der Waals surface area contributed by atoms with Gasteiger partial charge in [-0.25, -0.2) is 0 Å². The highest BCUT2D eigenvalue weighted by Crippen LogP contribution is 2.10.